The molecule has 70 valence electrons. The van der Waals surface area contributed by atoms with Crippen LogP contribution in [0.2, 0.25) is 0 Å². The van der Waals surface area contributed by atoms with Crippen LogP contribution in [0.4, 0.5) is 0 Å². The fourth-order valence-electron chi connectivity index (χ4n) is 1.34. The zero-order chi connectivity index (χ0) is 8.67. The molecule has 2 heterocycles. The van der Waals surface area contributed by atoms with Crippen molar-refractivity contribution in [3.63, 3.8) is 0 Å². The van der Waals surface area contributed by atoms with Crippen molar-refractivity contribution in [1.82, 2.24) is 10.2 Å². The first-order chi connectivity index (χ1) is 6.43. The molecular weight excluding hydrogens is 204 g/mol. The van der Waals surface area contributed by atoms with Crippen molar-refractivity contribution in [1.29, 1.82) is 0 Å². The zero-order valence-corrected chi connectivity index (χ0v) is 8.74. The third-order valence-corrected chi connectivity index (χ3v) is 5.17. The summed E-state index contributed by atoms with van der Waals surface area (Å²) in [5.41, 5.74) is 0. The largest absolute Gasteiger partial charge is 0.423 e. The summed E-state index contributed by atoms with van der Waals surface area (Å²) < 4.78 is 6.03. The van der Waals surface area contributed by atoms with Crippen molar-refractivity contribution in [2.45, 2.75) is 23.3 Å². The Balaban J connectivity index is 1.79. The molecule has 1 saturated carbocycles. The number of thioether (sulfide) groups is 2. The lowest BCUT2D eigenvalue weighted by Gasteiger charge is -1.98. The number of aromatic nitrogens is 2. The minimum absolute atomic E-state index is 0.403. The third kappa shape index (κ3) is 1.59. The van der Waals surface area contributed by atoms with Gasteiger partial charge in [0.05, 0.1) is 0 Å². The number of rotatable bonds is 2. The molecule has 1 saturated heterocycles. The Kier molecular flexibility index (Phi) is 2.01. The fourth-order valence-corrected chi connectivity index (χ4v) is 3.97. The molecule has 3 rings (SSSR count). The SMILES string of the molecule is C1CSC(c2nnc(C3CC3)o2)S1. The van der Waals surface area contributed by atoms with Crippen LogP contribution < -0.4 is 0 Å². The van der Waals surface area contributed by atoms with E-state index in [9.17, 15) is 0 Å². The van der Waals surface area contributed by atoms with Crippen molar-refractivity contribution >= 4 is 23.5 Å². The van der Waals surface area contributed by atoms with Crippen LogP contribution in [0.25, 0.3) is 0 Å². The average molecular weight is 214 g/mol. The van der Waals surface area contributed by atoms with Crippen LogP contribution in [-0.2, 0) is 0 Å². The van der Waals surface area contributed by atoms with Crippen LogP contribution in [0.3, 0.4) is 0 Å². The van der Waals surface area contributed by atoms with Crippen LogP contribution in [0, 0.1) is 0 Å². The van der Waals surface area contributed by atoms with E-state index in [0.29, 0.717) is 10.5 Å². The molecule has 0 bridgehead atoms. The number of hydrogen-bond acceptors (Lipinski definition) is 5. The lowest BCUT2D eigenvalue weighted by molar-refractivity contribution is 0.465. The second-order valence-electron chi connectivity index (χ2n) is 3.33. The number of nitrogens with zero attached hydrogens (tertiary/aromatic N) is 2. The maximum Gasteiger partial charge on any atom is 0.239 e. The van der Waals surface area contributed by atoms with Gasteiger partial charge in [0.25, 0.3) is 0 Å². The second-order valence-corrected chi connectivity index (χ2v) is 6.05. The van der Waals surface area contributed by atoms with E-state index in [-0.39, 0.29) is 0 Å². The minimum Gasteiger partial charge on any atom is -0.423 e. The second kappa shape index (κ2) is 3.20. The summed E-state index contributed by atoms with van der Waals surface area (Å²) in [5, 5.41) is 8.18. The summed E-state index contributed by atoms with van der Waals surface area (Å²) in [5.74, 6) is 4.68. The highest BCUT2D eigenvalue weighted by atomic mass is 32.2. The molecule has 1 aromatic heterocycles. The fraction of sp³-hybridized carbons (Fsp3) is 0.750. The quantitative estimate of drug-likeness (QED) is 0.756. The molecule has 0 amide bonds. The van der Waals surface area contributed by atoms with Gasteiger partial charge < -0.3 is 4.42 Å². The molecule has 0 atom stereocenters. The Hall–Kier alpha value is -0.160. The van der Waals surface area contributed by atoms with Crippen molar-refractivity contribution in [3.8, 4) is 0 Å². The van der Waals surface area contributed by atoms with Crippen LogP contribution in [0.15, 0.2) is 4.42 Å². The Morgan fingerprint density at radius 1 is 1.08 bits per heavy atom. The van der Waals surface area contributed by atoms with Gasteiger partial charge in [0.15, 0.2) is 0 Å². The van der Waals surface area contributed by atoms with Gasteiger partial charge in [0.1, 0.15) is 4.58 Å². The molecular formula is C8H10N2OS2. The van der Waals surface area contributed by atoms with Gasteiger partial charge in [-0.1, -0.05) is 0 Å². The van der Waals surface area contributed by atoms with Gasteiger partial charge in [-0.25, -0.2) is 0 Å². The summed E-state index contributed by atoms with van der Waals surface area (Å²) in [4.78, 5) is 0. The summed E-state index contributed by atoms with van der Waals surface area (Å²) in [7, 11) is 0. The average Bonchev–Trinajstić information content (AvgIpc) is 2.72. The Morgan fingerprint density at radius 3 is 2.46 bits per heavy atom. The molecule has 0 unspecified atom stereocenters. The van der Waals surface area contributed by atoms with E-state index in [2.05, 4.69) is 10.2 Å². The molecule has 1 aliphatic heterocycles. The van der Waals surface area contributed by atoms with Crippen molar-refractivity contribution in [2.75, 3.05) is 11.5 Å². The van der Waals surface area contributed by atoms with E-state index in [1.807, 2.05) is 23.5 Å². The van der Waals surface area contributed by atoms with Gasteiger partial charge in [-0.3, -0.25) is 0 Å². The van der Waals surface area contributed by atoms with Gasteiger partial charge in [0, 0.05) is 17.4 Å². The summed E-state index contributed by atoms with van der Waals surface area (Å²) >= 11 is 3.82. The minimum atomic E-state index is 0.403. The maximum atomic E-state index is 5.63. The maximum absolute atomic E-state index is 5.63. The Labute approximate surface area is 85.1 Å². The monoisotopic (exact) mass is 214 g/mol. The topological polar surface area (TPSA) is 38.9 Å². The summed E-state index contributed by atoms with van der Waals surface area (Å²) in [6, 6.07) is 0. The van der Waals surface area contributed by atoms with E-state index >= 15 is 0 Å². The van der Waals surface area contributed by atoms with Crippen LogP contribution in [-0.4, -0.2) is 21.7 Å². The molecule has 2 aliphatic rings. The van der Waals surface area contributed by atoms with E-state index in [1.165, 1.54) is 24.3 Å². The third-order valence-electron chi connectivity index (χ3n) is 2.21. The molecule has 2 fully saturated rings. The summed E-state index contributed by atoms with van der Waals surface area (Å²) in [6.07, 6.45) is 2.46. The Bertz CT molecular complexity index is 305. The summed E-state index contributed by atoms with van der Waals surface area (Å²) in [6.45, 7) is 0. The lowest BCUT2D eigenvalue weighted by Crippen LogP contribution is -1.83. The molecule has 1 aromatic rings. The smallest absolute Gasteiger partial charge is 0.239 e. The highest BCUT2D eigenvalue weighted by Crippen LogP contribution is 2.46. The van der Waals surface area contributed by atoms with E-state index < -0.39 is 0 Å². The van der Waals surface area contributed by atoms with Crippen LogP contribution in [0.1, 0.15) is 35.1 Å². The first kappa shape index (κ1) is 8.17. The van der Waals surface area contributed by atoms with E-state index in [1.54, 1.807) is 0 Å². The predicted molar refractivity (Wildman–Crippen MR) is 53.9 cm³/mol. The molecule has 5 heteroatoms. The predicted octanol–water partition coefficient (Wildman–Crippen LogP) is 2.43. The highest BCUT2D eigenvalue weighted by Gasteiger charge is 2.31. The van der Waals surface area contributed by atoms with Gasteiger partial charge >= 0.3 is 0 Å². The first-order valence-corrected chi connectivity index (χ1v) is 6.60. The molecule has 0 spiro atoms. The molecule has 1 aliphatic carbocycles. The van der Waals surface area contributed by atoms with Gasteiger partial charge in [-0.2, -0.15) is 0 Å². The van der Waals surface area contributed by atoms with Gasteiger partial charge in [-0.05, 0) is 12.8 Å². The molecule has 0 aromatic carbocycles. The normalized spacial score (nSPS) is 24.0. The molecule has 0 N–H and O–H groups in total. The van der Waals surface area contributed by atoms with Crippen LogP contribution in [0.5, 0.6) is 0 Å². The lowest BCUT2D eigenvalue weighted by atomic mass is 10.4. The zero-order valence-electron chi connectivity index (χ0n) is 7.10. The standard InChI is InChI=1S/C8H10N2OS2/c1-2-5(1)6-9-10-7(11-6)8-12-3-4-13-8/h5,8H,1-4H2. The van der Waals surface area contributed by atoms with Crippen LogP contribution >= 0.6 is 23.5 Å². The molecule has 13 heavy (non-hydrogen) atoms. The first-order valence-electron chi connectivity index (χ1n) is 4.50. The molecule has 3 nitrogen and oxygen atoms in total. The van der Waals surface area contributed by atoms with E-state index in [0.717, 1.165) is 11.8 Å². The highest BCUT2D eigenvalue weighted by molar-refractivity contribution is 8.19. The van der Waals surface area contributed by atoms with E-state index in [4.69, 9.17) is 4.42 Å². The number of hydrogen-bond donors (Lipinski definition) is 0. The molecule has 0 radical (unpaired) electrons. The van der Waals surface area contributed by atoms with Gasteiger partial charge in [-0.15, -0.1) is 33.7 Å². The Morgan fingerprint density at radius 2 is 1.77 bits per heavy atom. The van der Waals surface area contributed by atoms with Crippen molar-refractivity contribution in [3.05, 3.63) is 11.8 Å². The van der Waals surface area contributed by atoms with Crippen molar-refractivity contribution < 1.29 is 4.42 Å². The van der Waals surface area contributed by atoms with Crippen molar-refractivity contribution in [2.24, 2.45) is 0 Å². The van der Waals surface area contributed by atoms with Gasteiger partial charge in [0.2, 0.25) is 11.8 Å².